The van der Waals surface area contributed by atoms with Crippen molar-refractivity contribution in [3.05, 3.63) is 48.3 Å². The number of carbonyl (C=O) groups is 1. The molecule has 2 aliphatic rings. The van der Waals surface area contributed by atoms with Crippen molar-refractivity contribution in [2.75, 3.05) is 37.5 Å². The molecule has 5 rings (SSSR count). The predicted octanol–water partition coefficient (Wildman–Crippen LogP) is 2.77. The van der Waals surface area contributed by atoms with E-state index < -0.39 is 0 Å². The Kier molecular flexibility index (Phi) is 5.53. The van der Waals surface area contributed by atoms with Gasteiger partial charge in [-0.1, -0.05) is 18.2 Å². The molecule has 3 aromatic rings. The van der Waals surface area contributed by atoms with Crippen molar-refractivity contribution in [2.45, 2.75) is 31.3 Å². The number of benzene rings is 2. The van der Waals surface area contributed by atoms with Gasteiger partial charge in [0.25, 0.3) is 0 Å². The molecule has 1 unspecified atom stereocenters. The van der Waals surface area contributed by atoms with Gasteiger partial charge in [-0.3, -0.25) is 4.79 Å². The number of anilines is 2. The molecule has 2 N–H and O–H groups in total. The summed E-state index contributed by atoms with van der Waals surface area (Å²) in [4.78, 5) is 23.8. The van der Waals surface area contributed by atoms with Crippen LogP contribution in [0.3, 0.4) is 0 Å². The average Bonchev–Trinajstić information content (AvgIpc) is 2.83. The summed E-state index contributed by atoms with van der Waals surface area (Å²) < 4.78 is 10.9. The number of fused-ring (bicyclic) bond motifs is 2. The van der Waals surface area contributed by atoms with Crippen LogP contribution in [-0.4, -0.2) is 55.3 Å². The molecule has 166 valence electrons. The van der Waals surface area contributed by atoms with E-state index >= 15 is 0 Å². The second kappa shape index (κ2) is 8.63. The van der Waals surface area contributed by atoms with E-state index in [4.69, 9.17) is 9.47 Å². The third-order valence-corrected chi connectivity index (χ3v) is 6.37. The van der Waals surface area contributed by atoms with Gasteiger partial charge in [0.1, 0.15) is 12.1 Å². The monoisotopic (exact) mass is 433 g/mol. The summed E-state index contributed by atoms with van der Waals surface area (Å²) in [6.07, 6.45) is 4.19. The third kappa shape index (κ3) is 3.82. The molecule has 1 fully saturated rings. The van der Waals surface area contributed by atoms with Crippen LogP contribution in [0.25, 0.3) is 10.9 Å². The van der Waals surface area contributed by atoms with Gasteiger partial charge in [-0.2, -0.15) is 0 Å². The van der Waals surface area contributed by atoms with Crippen molar-refractivity contribution in [3.63, 3.8) is 0 Å². The van der Waals surface area contributed by atoms with Crippen molar-refractivity contribution in [1.29, 1.82) is 0 Å². The zero-order valence-corrected chi connectivity index (χ0v) is 18.3. The fourth-order valence-corrected chi connectivity index (χ4v) is 4.65. The van der Waals surface area contributed by atoms with Crippen LogP contribution in [0.2, 0.25) is 0 Å². The second-order valence-electron chi connectivity index (χ2n) is 8.25. The number of hydrogen-bond donors (Lipinski definition) is 2. The first-order valence-electron chi connectivity index (χ1n) is 10.9. The lowest BCUT2D eigenvalue weighted by Crippen LogP contribution is -2.52. The molecule has 2 aromatic carbocycles. The predicted molar refractivity (Wildman–Crippen MR) is 124 cm³/mol. The number of aromatic nitrogens is 2. The van der Waals surface area contributed by atoms with E-state index in [-0.39, 0.29) is 18.0 Å². The Balaban J connectivity index is 1.28. The van der Waals surface area contributed by atoms with Crippen LogP contribution in [0, 0.1) is 0 Å². The second-order valence-corrected chi connectivity index (χ2v) is 8.25. The number of para-hydroxylation sites is 1. The fraction of sp³-hybridized carbons (Fsp3) is 0.375. The highest BCUT2D eigenvalue weighted by atomic mass is 16.5. The van der Waals surface area contributed by atoms with Crippen molar-refractivity contribution in [2.24, 2.45) is 0 Å². The van der Waals surface area contributed by atoms with Crippen LogP contribution >= 0.6 is 0 Å². The molecule has 32 heavy (non-hydrogen) atoms. The van der Waals surface area contributed by atoms with Crippen LogP contribution < -0.4 is 25.0 Å². The van der Waals surface area contributed by atoms with Crippen LogP contribution in [0.15, 0.2) is 42.7 Å². The first-order valence-corrected chi connectivity index (χ1v) is 10.9. The van der Waals surface area contributed by atoms with E-state index in [2.05, 4.69) is 31.6 Å². The standard InChI is InChI=1S/C24H27N5O3/c1-31-21-12-17-19(13-22(21)32-2)25-14-26-23(17)29-9-7-16(8-10-29)27-20-11-15-5-3-4-6-18(15)28-24(20)30/h3-6,12-14,16,20,27H,7-11H2,1-2H3,(H,28,30). The molecule has 1 saturated heterocycles. The van der Waals surface area contributed by atoms with Gasteiger partial charge in [0.15, 0.2) is 11.5 Å². The van der Waals surface area contributed by atoms with Gasteiger partial charge in [-0.25, -0.2) is 9.97 Å². The van der Waals surface area contributed by atoms with E-state index in [0.29, 0.717) is 11.5 Å². The molecule has 0 saturated carbocycles. The van der Waals surface area contributed by atoms with Crippen LogP contribution in [0.4, 0.5) is 11.5 Å². The Morgan fingerprint density at radius 3 is 2.59 bits per heavy atom. The van der Waals surface area contributed by atoms with Crippen LogP contribution in [-0.2, 0) is 11.2 Å². The Bertz CT molecular complexity index is 1140. The minimum absolute atomic E-state index is 0.0500. The van der Waals surface area contributed by atoms with E-state index in [1.807, 2.05) is 30.3 Å². The Hall–Kier alpha value is -3.39. The Morgan fingerprint density at radius 1 is 1.06 bits per heavy atom. The smallest absolute Gasteiger partial charge is 0.241 e. The maximum atomic E-state index is 12.6. The van der Waals surface area contributed by atoms with Gasteiger partial charge in [-0.05, 0) is 37.0 Å². The number of nitrogens with one attached hydrogen (secondary N) is 2. The number of piperidine rings is 1. The van der Waals surface area contributed by atoms with Gasteiger partial charge in [0.05, 0.1) is 25.8 Å². The average molecular weight is 434 g/mol. The number of methoxy groups -OCH3 is 2. The molecule has 0 radical (unpaired) electrons. The van der Waals surface area contributed by atoms with Crippen LogP contribution in [0.5, 0.6) is 11.5 Å². The molecular formula is C24H27N5O3. The molecule has 8 nitrogen and oxygen atoms in total. The normalized spacial score (nSPS) is 18.9. The maximum Gasteiger partial charge on any atom is 0.241 e. The molecule has 1 atom stereocenters. The van der Waals surface area contributed by atoms with Crippen molar-refractivity contribution in [3.8, 4) is 11.5 Å². The lowest BCUT2D eigenvalue weighted by atomic mass is 9.96. The lowest BCUT2D eigenvalue weighted by molar-refractivity contribution is -0.118. The van der Waals surface area contributed by atoms with Crippen molar-refractivity contribution < 1.29 is 14.3 Å². The van der Waals surface area contributed by atoms with Gasteiger partial charge < -0.3 is 25.0 Å². The van der Waals surface area contributed by atoms with Gasteiger partial charge in [0, 0.05) is 36.3 Å². The van der Waals surface area contributed by atoms with E-state index in [0.717, 1.165) is 54.8 Å². The number of nitrogens with zero attached hydrogens (tertiary/aromatic N) is 3. The summed E-state index contributed by atoms with van der Waals surface area (Å²) in [6, 6.07) is 11.9. The van der Waals surface area contributed by atoms with E-state index in [1.165, 1.54) is 5.56 Å². The molecule has 1 aromatic heterocycles. The van der Waals surface area contributed by atoms with Crippen LogP contribution in [0.1, 0.15) is 18.4 Å². The quantitative estimate of drug-likeness (QED) is 0.640. The molecule has 2 aliphatic heterocycles. The molecular weight excluding hydrogens is 406 g/mol. The number of carbonyl (C=O) groups excluding carboxylic acids is 1. The fourth-order valence-electron chi connectivity index (χ4n) is 4.65. The largest absolute Gasteiger partial charge is 0.493 e. The molecule has 0 spiro atoms. The van der Waals surface area contributed by atoms with E-state index in [9.17, 15) is 4.79 Å². The number of hydrogen-bond acceptors (Lipinski definition) is 7. The van der Waals surface area contributed by atoms with Crippen molar-refractivity contribution >= 4 is 28.3 Å². The Labute approximate surface area is 186 Å². The summed E-state index contributed by atoms with van der Waals surface area (Å²) in [5, 5.41) is 7.55. The highest BCUT2D eigenvalue weighted by Crippen LogP contribution is 2.35. The van der Waals surface area contributed by atoms with Gasteiger partial charge in [-0.15, -0.1) is 0 Å². The lowest BCUT2D eigenvalue weighted by Gasteiger charge is -2.36. The van der Waals surface area contributed by atoms with Crippen molar-refractivity contribution in [1.82, 2.24) is 15.3 Å². The molecule has 3 heterocycles. The number of ether oxygens (including phenoxy) is 2. The summed E-state index contributed by atoms with van der Waals surface area (Å²) in [5.41, 5.74) is 2.93. The zero-order valence-electron chi connectivity index (χ0n) is 18.3. The number of amides is 1. The summed E-state index contributed by atoms with van der Waals surface area (Å²) in [6.45, 7) is 1.70. The molecule has 1 amide bonds. The molecule has 0 bridgehead atoms. The zero-order chi connectivity index (χ0) is 22.1. The highest BCUT2D eigenvalue weighted by Gasteiger charge is 2.30. The molecule has 0 aliphatic carbocycles. The Morgan fingerprint density at radius 2 is 1.81 bits per heavy atom. The summed E-state index contributed by atoms with van der Waals surface area (Å²) in [5.74, 6) is 2.27. The minimum atomic E-state index is -0.196. The molecule has 8 heteroatoms. The summed E-state index contributed by atoms with van der Waals surface area (Å²) >= 11 is 0. The van der Waals surface area contributed by atoms with Gasteiger partial charge >= 0.3 is 0 Å². The first-order chi connectivity index (χ1) is 15.7. The number of rotatable bonds is 5. The SMILES string of the molecule is COc1cc2ncnc(N3CCC(NC4Cc5ccccc5NC4=O)CC3)c2cc1OC. The van der Waals surface area contributed by atoms with Gasteiger partial charge in [0.2, 0.25) is 5.91 Å². The summed E-state index contributed by atoms with van der Waals surface area (Å²) in [7, 11) is 3.25. The van der Waals surface area contributed by atoms with E-state index in [1.54, 1.807) is 20.5 Å². The third-order valence-electron chi connectivity index (χ3n) is 6.37. The highest BCUT2D eigenvalue weighted by molar-refractivity contribution is 5.98. The topological polar surface area (TPSA) is 88.6 Å². The maximum absolute atomic E-state index is 12.6. The first kappa shape index (κ1) is 20.5. The minimum Gasteiger partial charge on any atom is -0.493 e.